The number of benzene rings is 1. The molecule has 20 heavy (non-hydrogen) atoms. The van der Waals surface area contributed by atoms with Gasteiger partial charge in [0, 0.05) is 20.1 Å². The van der Waals surface area contributed by atoms with Crippen LogP contribution < -0.4 is 5.32 Å². The van der Waals surface area contributed by atoms with Gasteiger partial charge in [-0.3, -0.25) is 9.59 Å². The van der Waals surface area contributed by atoms with Crippen LogP contribution in [0.3, 0.4) is 0 Å². The van der Waals surface area contributed by atoms with Gasteiger partial charge in [0.05, 0.1) is 12.5 Å². The van der Waals surface area contributed by atoms with E-state index in [2.05, 4.69) is 5.32 Å². The predicted octanol–water partition coefficient (Wildman–Crippen LogP) is 1.62. The molecular formula is C15H21NO4. The number of aryl methyl sites for hydroxylation is 1. The Morgan fingerprint density at radius 1 is 1.30 bits per heavy atom. The number of hydrogen-bond donors (Lipinski definition) is 2. The summed E-state index contributed by atoms with van der Waals surface area (Å²) in [5.74, 6) is -1.01. The van der Waals surface area contributed by atoms with Gasteiger partial charge in [-0.1, -0.05) is 30.3 Å². The quantitative estimate of drug-likeness (QED) is 0.720. The van der Waals surface area contributed by atoms with Gasteiger partial charge in [0.1, 0.15) is 0 Å². The first-order chi connectivity index (χ1) is 9.61. The van der Waals surface area contributed by atoms with Crippen LogP contribution in [0.25, 0.3) is 0 Å². The Balaban J connectivity index is 2.18. The van der Waals surface area contributed by atoms with Gasteiger partial charge in [0.15, 0.2) is 0 Å². The van der Waals surface area contributed by atoms with Crippen molar-refractivity contribution in [2.45, 2.75) is 31.8 Å². The zero-order chi connectivity index (χ0) is 14.8. The number of carbonyl (C=O) groups is 2. The Morgan fingerprint density at radius 3 is 2.60 bits per heavy atom. The predicted molar refractivity (Wildman–Crippen MR) is 75.4 cm³/mol. The molecule has 5 heteroatoms. The molecule has 0 saturated carbocycles. The standard InChI is InChI=1S/C15H21NO4/c1-20-13(10-15(18)19)11-16-14(17)9-5-8-12-6-3-2-4-7-12/h2-4,6-7,13H,5,8-11H2,1H3,(H,16,17)(H,18,19). The average Bonchev–Trinajstić information content (AvgIpc) is 2.44. The zero-order valence-electron chi connectivity index (χ0n) is 11.7. The van der Waals surface area contributed by atoms with Crippen LogP contribution in [0.2, 0.25) is 0 Å². The van der Waals surface area contributed by atoms with E-state index in [9.17, 15) is 9.59 Å². The minimum Gasteiger partial charge on any atom is -0.481 e. The van der Waals surface area contributed by atoms with Crippen molar-refractivity contribution in [2.24, 2.45) is 0 Å². The van der Waals surface area contributed by atoms with Crippen LogP contribution in [0.1, 0.15) is 24.8 Å². The van der Waals surface area contributed by atoms with E-state index in [1.165, 1.54) is 12.7 Å². The van der Waals surface area contributed by atoms with Crippen molar-refractivity contribution in [2.75, 3.05) is 13.7 Å². The summed E-state index contributed by atoms with van der Waals surface area (Å²) in [5, 5.41) is 11.4. The van der Waals surface area contributed by atoms with Gasteiger partial charge in [-0.15, -0.1) is 0 Å². The van der Waals surface area contributed by atoms with E-state index in [-0.39, 0.29) is 18.9 Å². The molecule has 0 radical (unpaired) electrons. The fraction of sp³-hybridized carbons (Fsp3) is 0.467. The Labute approximate surface area is 118 Å². The molecule has 0 aromatic heterocycles. The second-order valence-electron chi connectivity index (χ2n) is 4.60. The van der Waals surface area contributed by atoms with Crippen LogP contribution in [0.4, 0.5) is 0 Å². The number of rotatable bonds is 9. The molecule has 0 aliphatic carbocycles. The van der Waals surface area contributed by atoms with Crippen molar-refractivity contribution in [3.63, 3.8) is 0 Å². The molecule has 0 fully saturated rings. The molecule has 0 bridgehead atoms. The molecule has 0 spiro atoms. The van der Waals surface area contributed by atoms with E-state index in [1.807, 2.05) is 30.3 Å². The Hall–Kier alpha value is -1.88. The number of carbonyl (C=O) groups excluding carboxylic acids is 1. The zero-order valence-corrected chi connectivity index (χ0v) is 11.7. The molecule has 1 amide bonds. The first-order valence-electron chi connectivity index (χ1n) is 6.67. The third-order valence-corrected chi connectivity index (χ3v) is 2.97. The SMILES string of the molecule is COC(CNC(=O)CCCc1ccccc1)CC(=O)O. The lowest BCUT2D eigenvalue weighted by Crippen LogP contribution is -2.34. The largest absolute Gasteiger partial charge is 0.481 e. The summed E-state index contributed by atoms with van der Waals surface area (Å²) in [4.78, 5) is 22.2. The molecule has 0 heterocycles. The van der Waals surface area contributed by atoms with Gasteiger partial charge in [0.25, 0.3) is 0 Å². The average molecular weight is 279 g/mol. The fourth-order valence-corrected chi connectivity index (χ4v) is 1.85. The van der Waals surface area contributed by atoms with Crippen LogP contribution >= 0.6 is 0 Å². The fourth-order valence-electron chi connectivity index (χ4n) is 1.85. The summed E-state index contributed by atoms with van der Waals surface area (Å²) in [6.45, 7) is 0.229. The van der Waals surface area contributed by atoms with Crippen molar-refractivity contribution in [1.29, 1.82) is 0 Å². The molecule has 0 saturated heterocycles. The number of carboxylic acids is 1. The number of nitrogens with one attached hydrogen (secondary N) is 1. The van der Waals surface area contributed by atoms with Crippen molar-refractivity contribution >= 4 is 11.9 Å². The highest BCUT2D eigenvalue weighted by molar-refractivity contribution is 5.76. The topological polar surface area (TPSA) is 75.6 Å². The number of amides is 1. The number of aliphatic carboxylic acids is 1. The van der Waals surface area contributed by atoms with Crippen LogP contribution in [0, 0.1) is 0 Å². The maximum Gasteiger partial charge on any atom is 0.306 e. The van der Waals surface area contributed by atoms with Crippen LogP contribution in [-0.2, 0) is 20.7 Å². The normalized spacial score (nSPS) is 11.8. The summed E-state index contributed by atoms with van der Waals surface area (Å²) in [5.41, 5.74) is 1.21. The van der Waals surface area contributed by atoms with E-state index in [4.69, 9.17) is 9.84 Å². The Morgan fingerprint density at radius 2 is 2.00 bits per heavy atom. The molecule has 1 unspecified atom stereocenters. The highest BCUT2D eigenvalue weighted by Gasteiger charge is 2.13. The molecule has 1 rings (SSSR count). The van der Waals surface area contributed by atoms with Crippen LogP contribution in [0.15, 0.2) is 30.3 Å². The monoisotopic (exact) mass is 279 g/mol. The minimum atomic E-state index is -0.935. The molecule has 110 valence electrons. The van der Waals surface area contributed by atoms with Crippen molar-refractivity contribution in [3.05, 3.63) is 35.9 Å². The summed E-state index contributed by atoms with van der Waals surface area (Å²) in [7, 11) is 1.44. The maximum absolute atomic E-state index is 11.6. The Bertz CT molecular complexity index is 419. The minimum absolute atomic E-state index is 0.0756. The molecule has 5 nitrogen and oxygen atoms in total. The first kappa shape index (κ1) is 16.2. The van der Waals surface area contributed by atoms with E-state index < -0.39 is 12.1 Å². The first-order valence-corrected chi connectivity index (χ1v) is 6.67. The smallest absolute Gasteiger partial charge is 0.306 e. The third-order valence-electron chi connectivity index (χ3n) is 2.97. The summed E-state index contributed by atoms with van der Waals surface area (Å²) < 4.78 is 4.99. The lowest BCUT2D eigenvalue weighted by atomic mass is 10.1. The maximum atomic E-state index is 11.6. The van der Waals surface area contributed by atoms with E-state index in [0.29, 0.717) is 6.42 Å². The number of methoxy groups -OCH3 is 1. The molecule has 1 atom stereocenters. The molecule has 0 aliphatic heterocycles. The van der Waals surface area contributed by atoms with Gasteiger partial charge >= 0.3 is 5.97 Å². The lowest BCUT2D eigenvalue weighted by molar-refractivity contribution is -0.140. The molecular weight excluding hydrogens is 258 g/mol. The molecule has 1 aromatic carbocycles. The van der Waals surface area contributed by atoms with E-state index in [1.54, 1.807) is 0 Å². The van der Waals surface area contributed by atoms with Gasteiger partial charge in [-0.2, -0.15) is 0 Å². The second-order valence-corrected chi connectivity index (χ2v) is 4.60. The van der Waals surface area contributed by atoms with Crippen LogP contribution in [-0.4, -0.2) is 36.7 Å². The van der Waals surface area contributed by atoms with E-state index >= 15 is 0 Å². The van der Waals surface area contributed by atoms with Gasteiger partial charge in [0.2, 0.25) is 5.91 Å². The molecule has 1 aromatic rings. The van der Waals surface area contributed by atoms with Crippen molar-refractivity contribution < 1.29 is 19.4 Å². The number of ether oxygens (including phenoxy) is 1. The van der Waals surface area contributed by atoms with E-state index in [0.717, 1.165) is 12.8 Å². The third kappa shape index (κ3) is 6.89. The summed E-state index contributed by atoms with van der Waals surface area (Å²) in [6.07, 6.45) is 1.47. The highest BCUT2D eigenvalue weighted by atomic mass is 16.5. The Kier molecular flexibility index (Phi) is 7.35. The summed E-state index contributed by atoms with van der Waals surface area (Å²) >= 11 is 0. The van der Waals surface area contributed by atoms with Crippen LogP contribution in [0.5, 0.6) is 0 Å². The second kappa shape index (κ2) is 9.09. The van der Waals surface area contributed by atoms with Crippen molar-refractivity contribution in [3.8, 4) is 0 Å². The number of carboxylic acid groups (broad SMARTS) is 1. The van der Waals surface area contributed by atoms with Gasteiger partial charge in [-0.05, 0) is 18.4 Å². The molecule has 0 aliphatic rings. The lowest BCUT2D eigenvalue weighted by Gasteiger charge is -2.13. The van der Waals surface area contributed by atoms with Crippen molar-refractivity contribution in [1.82, 2.24) is 5.32 Å². The molecule has 2 N–H and O–H groups in total. The van der Waals surface area contributed by atoms with Gasteiger partial charge < -0.3 is 15.2 Å². The highest BCUT2D eigenvalue weighted by Crippen LogP contribution is 2.04. The number of hydrogen-bond acceptors (Lipinski definition) is 3. The van der Waals surface area contributed by atoms with Gasteiger partial charge in [-0.25, -0.2) is 0 Å². The summed E-state index contributed by atoms with van der Waals surface area (Å²) in [6, 6.07) is 9.98.